The van der Waals surface area contributed by atoms with Crippen LogP contribution in [-0.2, 0) is 14.3 Å². The van der Waals surface area contributed by atoms with Gasteiger partial charge in [-0.25, -0.2) is 0 Å². The first-order chi connectivity index (χ1) is 7.11. The van der Waals surface area contributed by atoms with E-state index in [0.717, 1.165) is 0 Å². The van der Waals surface area contributed by atoms with Gasteiger partial charge in [-0.1, -0.05) is 0 Å². The fourth-order valence-electron chi connectivity index (χ4n) is 1.37. The predicted molar refractivity (Wildman–Crippen MR) is 45.8 cm³/mol. The molecule has 0 radical (unpaired) electrons. The minimum Gasteiger partial charge on any atom is -0.394 e. The summed E-state index contributed by atoms with van der Waals surface area (Å²) in [6.45, 7) is -0.884. The molecule has 0 aliphatic carbocycles. The fraction of sp³-hybridized carbons (Fsp3) is 0.875. The molecule has 7 nitrogen and oxygen atoms in total. The molecule has 0 amide bonds. The summed E-state index contributed by atoms with van der Waals surface area (Å²) in [6, 6.07) is 0. The van der Waals surface area contributed by atoms with E-state index in [2.05, 4.69) is 0 Å². The van der Waals surface area contributed by atoms with E-state index in [-0.39, 0.29) is 6.61 Å². The number of aliphatic hydroxyl groups is 4. The summed E-state index contributed by atoms with van der Waals surface area (Å²) in [7, 11) is 0. The van der Waals surface area contributed by atoms with Crippen LogP contribution in [0.5, 0.6) is 0 Å². The van der Waals surface area contributed by atoms with Gasteiger partial charge in [0.2, 0.25) is 0 Å². The van der Waals surface area contributed by atoms with E-state index < -0.39 is 37.3 Å². The van der Waals surface area contributed by atoms with Crippen LogP contribution >= 0.6 is 0 Å². The highest BCUT2D eigenvalue weighted by atomic mass is 16.7. The number of hydrogen-bond donors (Lipinski definition) is 4. The lowest BCUT2D eigenvalue weighted by Crippen LogP contribution is -2.40. The van der Waals surface area contributed by atoms with Crippen molar-refractivity contribution in [1.82, 2.24) is 0 Å². The molecule has 1 fully saturated rings. The largest absolute Gasteiger partial charge is 0.394 e. The van der Waals surface area contributed by atoms with Gasteiger partial charge in [0.1, 0.15) is 37.3 Å². The lowest BCUT2D eigenvalue weighted by molar-refractivity contribution is -0.179. The van der Waals surface area contributed by atoms with E-state index in [1.165, 1.54) is 0 Å². The number of ether oxygens (including phenoxy) is 2. The molecule has 1 rings (SSSR count). The number of hydrogen-bond acceptors (Lipinski definition) is 7. The normalized spacial score (nSPS) is 37.9. The second kappa shape index (κ2) is 5.50. The number of rotatable bonds is 5. The summed E-state index contributed by atoms with van der Waals surface area (Å²) in [5.41, 5.74) is 0. The topological polar surface area (TPSA) is 116 Å². The van der Waals surface area contributed by atoms with Gasteiger partial charge < -0.3 is 34.7 Å². The molecule has 1 aliphatic rings. The average molecular weight is 222 g/mol. The Bertz CT molecular complexity index is 209. The summed E-state index contributed by atoms with van der Waals surface area (Å²) in [4.78, 5) is 10.0. The molecule has 1 heterocycles. The van der Waals surface area contributed by atoms with E-state index in [0.29, 0.717) is 6.29 Å². The summed E-state index contributed by atoms with van der Waals surface area (Å²) in [6.07, 6.45) is -5.84. The van der Waals surface area contributed by atoms with Crippen LogP contribution in [0.15, 0.2) is 0 Å². The van der Waals surface area contributed by atoms with Crippen molar-refractivity contribution in [2.75, 3.05) is 13.2 Å². The van der Waals surface area contributed by atoms with Crippen LogP contribution in [0.3, 0.4) is 0 Å². The van der Waals surface area contributed by atoms with Crippen molar-refractivity contribution in [1.29, 1.82) is 0 Å². The second-order valence-corrected chi connectivity index (χ2v) is 3.20. The molecule has 1 aliphatic heterocycles. The number of aliphatic hydroxyl groups excluding tert-OH is 4. The number of aldehydes is 1. The average Bonchev–Trinajstić information content (AvgIpc) is 2.53. The molecule has 0 aromatic heterocycles. The van der Waals surface area contributed by atoms with Crippen molar-refractivity contribution in [3.63, 3.8) is 0 Å². The highest BCUT2D eigenvalue weighted by Gasteiger charge is 2.46. The Labute approximate surface area is 85.9 Å². The van der Waals surface area contributed by atoms with Crippen molar-refractivity contribution >= 4 is 6.29 Å². The fourth-order valence-corrected chi connectivity index (χ4v) is 1.37. The SMILES string of the molecule is O=CCO[C@@H]1O[C@H]([C@H](O)CO)[C@H](O)[C@H]1O. The molecule has 0 aromatic carbocycles. The second-order valence-electron chi connectivity index (χ2n) is 3.20. The van der Waals surface area contributed by atoms with E-state index >= 15 is 0 Å². The molecule has 7 heteroatoms. The molecule has 0 saturated carbocycles. The Balaban J connectivity index is 2.54. The third-order valence-corrected chi connectivity index (χ3v) is 2.15. The molecule has 0 spiro atoms. The van der Waals surface area contributed by atoms with Gasteiger partial charge >= 0.3 is 0 Å². The molecular formula is C8H14O7. The van der Waals surface area contributed by atoms with Gasteiger partial charge in [0.05, 0.1) is 6.61 Å². The van der Waals surface area contributed by atoms with Crippen molar-refractivity contribution in [2.24, 2.45) is 0 Å². The maximum absolute atomic E-state index is 10.0. The van der Waals surface area contributed by atoms with Crippen LogP contribution in [0.25, 0.3) is 0 Å². The molecule has 0 bridgehead atoms. The maximum Gasteiger partial charge on any atom is 0.187 e. The van der Waals surface area contributed by atoms with Crippen LogP contribution in [0, 0.1) is 0 Å². The molecule has 5 atom stereocenters. The van der Waals surface area contributed by atoms with Crippen molar-refractivity contribution < 1.29 is 34.7 Å². The Morgan fingerprint density at radius 2 is 2.07 bits per heavy atom. The zero-order chi connectivity index (χ0) is 11.4. The molecule has 15 heavy (non-hydrogen) atoms. The van der Waals surface area contributed by atoms with Gasteiger partial charge in [0.15, 0.2) is 6.29 Å². The lowest BCUT2D eigenvalue weighted by Gasteiger charge is -2.18. The van der Waals surface area contributed by atoms with Crippen LogP contribution in [0.2, 0.25) is 0 Å². The van der Waals surface area contributed by atoms with Gasteiger partial charge in [-0.2, -0.15) is 0 Å². The molecule has 0 aromatic rings. The summed E-state index contributed by atoms with van der Waals surface area (Å²) < 4.78 is 9.72. The zero-order valence-corrected chi connectivity index (χ0v) is 7.89. The van der Waals surface area contributed by atoms with E-state index in [1.807, 2.05) is 0 Å². The molecule has 88 valence electrons. The highest BCUT2D eigenvalue weighted by Crippen LogP contribution is 2.24. The first kappa shape index (κ1) is 12.5. The van der Waals surface area contributed by atoms with Gasteiger partial charge in [-0.15, -0.1) is 0 Å². The number of carbonyl (C=O) groups is 1. The first-order valence-corrected chi connectivity index (χ1v) is 4.47. The quantitative estimate of drug-likeness (QED) is 0.366. The lowest BCUT2D eigenvalue weighted by atomic mass is 10.1. The molecule has 0 unspecified atom stereocenters. The van der Waals surface area contributed by atoms with E-state index in [4.69, 9.17) is 14.6 Å². The smallest absolute Gasteiger partial charge is 0.187 e. The summed E-state index contributed by atoms with van der Waals surface area (Å²) in [5.74, 6) is 0. The van der Waals surface area contributed by atoms with Gasteiger partial charge in [-0.3, -0.25) is 0 Å². The van der Waals surface area contributed by atoms with E-state index in [1.54, 1.807) is 0 Å². The van der Waals surface area contributed by atoms with Gasteiger partial charge in [-0.05, 0) is 0 Å². The Hall–Kier alpha value is -0.570. The highest BCUT2D eigenvalue weighted by molar-refractivity contribution is 5.50. The minimum absolute atomic E-state index is 0.281. The monoisotopic (exact) mass is 222 g/mol. The van der Waals surface area contributed by atoms with Crippen molar-refractivity contribution in [3.8, 4) is 0 Å². The van der Waals surface area contributed by atoms with Crippen LogP contribution in [-0.4, -0.2) is 70.6 Å². The molecule has 4 N–H and O–H groups in total. The minimum atomic E-state index is -1.36. The van der Waals surface area contributed by atoms with E-state index in [9.17, 15) is 20.1 Å². The zero-order valence-electron chi connectivity index (χ0n) is 7.89. The standard InChI is InChI=1S/C8H14O7/c9-1-2-14-8-6(13)5(12)7(15-8)4(11)3-10/h1,4-8,10-13H,2-3H2/t4-,5-,6-,7-,8-/m1/s1. The number of carbonyl (C=O) groups excluding carboxylic acids is 1. The van der Waals surface area contributed by atoms with Gasteiger partial charge in [0.25, 0.3) is 0 Å². The van der Waals surface area contributed by atoms with Crippen LogP contribution in [0.1, 0.15) is 0 Å². The predicted octanol–water partition coefficient (Wildman–Crippen LogP) is -3.00. The summed E-state index contributed by atoms with van der Waals surface area (Å²) in [5, 5.41) is 36.7. The Morgan fingerprint density at radius 1 is 1.40 bits per heavy atom. The van der Waals surface area contributed by atoms with Crippen LogP contribution < -0.4 is 0 Å². The Morgan fingerprint density at radius 3 is 2.60 bits per heavy atom. The van der Waals surface area contributed by atoms with Crippen molar-refractivity contribution in [3.05, 3.63) is 0 Å². The molecule has 1 saturated heterocycles. The maximum atomic E-state index is 10.0. The van der Waals surface area contributed by atoms with Gasteiger partial charge in [0, 0.05) is 0 Å². The molecular weight excluding hydrogens is 208 g/mol. The Kier molecular flexibility index (Phi) is 4.58. The third-order valence-electron chi connectivity index (χ3n) is 2.15. The third kappa shape index (κ3) is 2.71. The first-order valence-electron chi connectivity index (χ1n) is 4.47. The summed E-state index contributed by atoms with van der Waals surface area (Å²) >= 11 is 0. The van der Waals surface area contributed by atoms with Crippen molar-refractivity contribution in [2.45, 2.75) is 30.7 Å². The van der Waals surface area contributed by atoms with Crippen LogP contribution in [0.4, 0.5) is 0 Å².